The number of nitrogen functional groups attached to an aromatic ring is 1. The summed E-state index contributed by atoms with van der Waals surface area (Å²) in [5, 5.41) is 0. The van der Waals surface area contributed by atoms with Gasteiger partial charge in [-0.15, -0.1) is 0 Å². The van der Waals surface area contributed by atoms with Crippen LogP contribution in [0.4, 0.5) is 11.6 Å². The van der Waals surface area contributed by atoms with Gasteiger partial charge in [0.25, 0.3) is 0 Å². The van der Waals surface area contributed by atoms with Gasteiger partial charge < -0.3 is 15.4 Å². The predicted octanol–water partition coefficient (Wildman–Crippen LogP) is 2.22. The molecule has 1 saturated heterocycles. The van der Waals surface area contributed by atoms with E-state index >= 15 is 0 Å². The van der Waals surface area contributed by atoms with Crippen LogP contribution < -0.4 is 10.6 Å². The summed E-state index contributed by atoms with van der Waals surface area (Å²) >= 11 is 0. The molecule has 5 nitrogen and oxygen atoms in total. The summed E-state index contributed by atoms with van der Waals surface area (Å²) in [6.45, 7) is 9.73. The van der Waals surface area contributed by atoms with Gasteiger partial charge in [-0.25, -0.2) is 9.97 Å². The highest BCUT2D eigenvalue weighted by Crippen LogP contribution is 2.31. The zero-order chi connectivity index (χ0) is 13.9. The number of hydrogen-bond acceptors (Lipinski definition) is 5. The number of piperidine rings is 1. The van der Waals surface area contributed by atoms with Crippen molar-refractivity contribution in [3.05, 3.63) is 11.9 Å². The zero-order valence-electron chi connectivity index (χ0n) is 12.1. The van der Waals surface area contributed by atoms with Crippen LogP contribution in [-0.4, -0.2) is 29.7 Å². The molecule has 0 aliphatic carbocycles. The first-order valence-electron chi connectivity index (χ1n) is 6.96. The molecule has 1 aliphatic rings. The van der Waals surface area contributed by atoms with Gasteiger partial charge in [-0.1, -0.05) is 13.8 Å². The Morgan fingerprint density at radius 1 is 1.32 bits per heavy atom. The molecule has 0 atom stereocenters. The Balaban J connectivity index is 2.09. The van der Waals surface area contributed by atoms with Gasteiger partial charge in [0.2, 0.25) is 0 Å². The number of hydrogen-bond donors (Lipinski definition) is 1. The average Bonchev–Trinajstić information content (AvgIpc) is 2.35. The van der Waals surface area contributed by atoms with Gasteiger partial charge in [-0.3, -0.25) is 0 Å². The fourth-order valence-electron chi connectivity index (χ4n) is 2.26. The third kappa shape index (κ3) is 3.80. The number of ether oxygens (including phenoxy) is 1. The molecular weight excluding hydrogens is 240 g/mol. The number of anilines is 2. The lowest BCUT2D eigenvalue weighted by Gasteiger charge is -2.37. The van der Waals surface area contributed by atoms with E-state index in [0.717, 1.165) is 18.9 Å². The molecule has 0 bridgehead atoms. The van der Waals surface area contributed by atoms with Crippen molar-refractivity contribution >= 4 is 11.6 Å². The second-order valence-electron chi connectivity index (χ2n) is 5.86. The van der Waals surface area contributed by atoms with Crippen LogP contribution in [0.1, 0.15) is 39.4 Å². The lowest BCUT2D eigenvalue weighted by molar-refractivity contribution is 0.128. The summed E-state index contributed by atoms with van der Waals surface area (Å²) in [7, 11) is 0. The fraction of sp³-hybridized carbons (Fsp3) is 0.714. The van der Waals surface area contributed by atoms with Gasteiger partial charge in [-0.05, 0) is 25.2 Å². The highest BCUT2D eigenvalue weighted by Gasteiger charge is 2.26. The normalized spacial score (nSPS) is 18.6. The molecule has 19 heavy (non-hydrogen) atoms. The van der Waals surface area contributed by atoms with E-state index in [1.807, 2.05) is 13.0 Å². The molecule has 1 aromatic heterocycles. The van der Waals surface area contributed by atoms with Crippen molar-refractivity contribution in [1.29, 1.82) is 0 Å². The minimum absolute atomic E-state index is 0.424. The van der Waals surface area contributed by atoms with E-state index in [1.54, 1.807) is 0 Å². The van der Waals surface area contributed by atoms with Gasteiger partial charge in [0, 0.05) is 25.8 Å². The van der Waals surface area contributed by atoms with Crippen molar-refractivity contribution in [1.82, 2.24) is 9.97 Å². The Morgan fingerprint density at radius 2 is 2.00 bits per heavy atom. The van der Waals surface area contributed by atoms with E-state index in [4.69, 9.17) is 10.5 Å². The van der Waals surface area contributed by atoms with Crippen LogP contribution in [-0.2, 0) is 11.3 Å². The molecule has 0 saturated carbocycles. The molecule has 1 aliphatic heterocycles. The third-order valence-corrected chi connectivity index (χ3v) is 3.66. The van der Waals surface area contributed by atoms with Gasteiger partial charge in [-0.2, -0.15) is 0 Å². The van der Waals surface area contributed by atoms with E-state index < -0.39 is 0 Å². The van der Waals surface area contributed by atoms with Crippen LogP contribution in [0.2, 0.25) is 0 Å². The van der Waals surface area contributed by atoms with Crippen LogP contribution in [0.25, 0.3) is 0 Å². The summed E-state index contributed by atoms with van der Waals surface area (Å²) in [4.78, 5) is 11.1. The van der Waals surface area contributed by atoms with Crippen molar-refractivity contribution < 1.29 is 4.74 Å². The molecule has 0 unspecified atom stereocenters. The summed E-state index contributed by atoms with van der Waals surface area (Å²) in [5.74, 6) is 2.11. The number of nitrogens with zero attached hydrogens (tertiary/aromatic N) is 3. The van der Waals surface area contributed by atoms with Crippen LogP contribution in [0.5, 0.6) is 0 Å². The predicted molar refractivity (Wildman–Crippen MR) is 77.0 cm³/mol. The fourth-order valence-corrected chi connectivity index (χ4v) is 2.26. The highest BCUT2D eigenvalue weighted by molar-refractivity contribution is 5.47. The minimum Gasteiger partial charge on any atom is -0.384 e. The molecule has 0 aromatic carbocycles. The van der Waals surface area contributed by atoms with Crippen LogP contribution in [0, 0.1) is 5.41 Å². The van der Waals surface area contributed by atoms with E-state index in [-0.39, 0.29) is 0 Å². The zero-order valence-corrected chi connectivity index (χ0v) is 12.1. The van der Waals surface area contributed by atoms with E-state index in [1.165, 1.54) is 12.8 Å². The lowest BCUT2D eigenvalue weighted by atomic mass is 9.83. The summed E-state index contributed by atoms with van der Waals surface area (Å²) in [6, 6.07) is 1.85. The lowest BCUT2D eigenvalue weighted by Crippen LogP contribution is -2.38. The van der Waals surface area contributed by atoms with Crippen molar-refractivity contribution in [3.8, 4) is 0 Å². The summed E-state index contributed by atoms with van der Waals surface area (Å²) < 4.78 is 5.35. The quantitative estimate of drug-likeness (QED) is 0.903. The first-order valence-corrected chi connectivity index (χ1v) is 6.96. The first-order chi connectivity index (χ1) is 9.00. The van der Waals surface area contributed by atoms with Crippen molar-refractivity contribution in [2.75, 3.05) is 30.3 Å². The largest absolute Gasteiger partial charge is 0.384 e. The van der Waals surface area contributed by atoms with Gasteiger partial charge >= 0.3 is 0 Å². The molecular formula is C14H24N4O. The Bertz CT molecular complexity index is 423. The van der Waals surface area contributed by atoms with E-state index in [0.29, 0.717) is 30.3 Å². The first kappa shape index (κ1) is 14.1. The summed E-state index contributed by atoms with van der Waals surface area (Å²) in [5.41, 5.74) is 6.29. The van der Waals surface area contributed by atoms with Gasteiger partial charge in [0.05, 0.1) is 0 Å². The van der Waals surface area contributed by atoms with Crippen LogP contribution >= 0.6 is 0 Å². The number of rotatable bonds is 4. The number of nitrogens with two attached hydrogens (primary N) is 1. The van der Waals surface area contributed by atoms with Crippen molar-refractivity contribution in [2.45, 2.75) is 40.2 Å². The minimum atomic E-state index is 0.424. The van der Waals surface area contributed by atoms with Gasteiger partial charge in [0.1, 0.15) is 18.2 Å². The average molecular weight is 264 g/mol. The monoisotopic (exact) mass is 264 g/mol. The molecule has 2 rings (SSSR count). The maximum atomic E-state index is 5.86. The molecule has 1 fully saturated rings. The molecule has 5 heteroatoms. The molecule has 106 valence electrons. The molecule has 0 amide bonds. The second-order valence-corrected chi connectivity index (χ2v) is 5.86. The SMILES string of the molecule is CCOCc1nc(N)cc(N2CCC(C)(C)CC2)n1. The molecule has 0 spiro atoms. The Hall–Kier alpha value is -1.36. The molecule has 2 heterocycles. The van der Waals surface area contributed by atoms with Gasteiger partial charge in [0.15, 0.2) is 5.82 Å². The Morgan fingerprint density at radius 3 is 2.63 bits per heavy atom. The Kier molecular flexibility index (Phi) is 4.24. The van der Waals surface area contributed by atoms with Crippen LogP contribution in [0.3, 0.4) is 0 Å². The molecule has 0 radical (unpaired) electrons. The highest BCUT2D eigenvalue weighted by atomic mass is 16.5. The van der Waals surface area contributed by atoms with Crippen molar-refractivity contribution in [3.63, 3.8) is 0 Å². The third-order valence-electron chi connectivity index (χ3n) is 3.66. The second kappa shape index (κ2) is 5.74. The van der Waals surface area contributed by atoms with E-state index in [2.05, 4.69) is 28.7 Å². The standard InChI is InChI=1S/C14H24N4O/c1-4-19-10-12-16-11(15)9-13(17-12)18-7-5-14(2,3)6-8-18/h9H,4-8,10H2,1-3H3,(H2,15,16,17). The number of aromatic nitrogens is 2. The topological polar surface area (TPSA) is 64.3 Å². The van der Waals surface area contributed by atoms with Crippen molar-refractivity contribution in [2.24, 2.45) is 5.41 Å². The molecule has 2 N–H and O–H groups in total. The smallest absolute Gasteiger partial charge is 0.158 e. The summed E-state index contributed by atoms with van der Waals surface area (Å²) in [6.07, 6.45) is 2.36. The Labute approximate surface area is 115 Å². The maximum absolute atomic E-state index is 5.86. The van der Waals surface area contributed by atoms with Crippen LogP contribution in [0.15, 0.2) is 6.07 Å². The molecule has 1 aromatic rings. The maximum Gasteiger partial charge on any atom is 0.158 e. The van der Waals surface area contributed by atoms with E-state index in [9.17, 15) is 0 Å².